The van der Waals surface area contributed by atoms with Crippen molar-refractivity contribution in [3.8, 4) is 11.1 Å². The van der Waals surface area contributed by atoms with Crippen molar-refractivity contribution in [2.24, 2.45) is 0 Å². The molecule has 0 amide bonds. The Balaban J connectivity index is 1.71. The van der Waals surface area contributed by atoms with Crippen molar-refractivity contribution >= 4 is 32.3 Å². The Morgan fingerprint density at radius 1 is 0.889 bits per heavy atom. The minimum Gasteiger partial charge on any atom is -0.441 e. The van der Waals surface area contributed by atoms with E-state index in [-0.39, 0.29) is 0 Å². The van der Waals surface area contributed by atoms with Crippen molar-refractivity contribution in [1.29, 1.82) is 0 Å². The summed E-state index contributed by atoms with van der Waals surface area (Å²) in [6.45, 7) is 1.80. The Labute approximate surface area is 156 Å². The second-order valence-corrected chi connectivity index (χ2v) is 8.51. The number of aryl methyl sites for hydroxylation is 1. The molecule has 1 aliphatic heterocycles. The van der Waals surface area contributed by atoms with Crippen molar-refractivity contribution in [3.05, 3.63) is 66.6 Å². The normalized spacial score (nSPS) is 14.8. The standard InChI is InChI=1S/C21H16N2O3S/c1-13-22-16-9-7-14(11-19(16)26-13)15-8-10-18-21(12-15)27(24,25)20-6-4-3-5-17(20)23(18)2/h3-12H,1-2H3. The van der Waals surface area contributed by atoms with Gasteiger partial charge in [0.25, 0.3) is 0 Å². The molecule has 0 atom stereocenters. The molecule has 0 N–H and O–H groups in total. The van der Waals surface area contributed by atoms with Gasteiger partial charge in [0.05, 0.1) is 21.2 Å². The van der Waals surface area contributed by atoms with Crippen LogP contribution in [0.2, 0.25) is 0 Å². The summed E-state index contributed by atoms with van der Waals surface area (Å²) in [5, 5.41) is 0. The molecule has 3 aromatic carbocycles. The van der Waals surface area contributed by atoms with Gasteiger partial charge in [-0.05, 0) is 47.5 Å². The number of fused-ring (bicyclic) bond motifs is 3. The van der Waals surface area contributed by atoms with Crippen LogP contribution in [0.3, 0.4) is 0 Å². The van der Waals surface area contributed by atoms with Crippen LogP contribution in [0.1, 0.15) is 5.89 Å². The molecule has 0 saturated carbocycles. The molecule has 0 bridgehead atoms. The highest BCUT2D eigenvalue weighted by atomic mass is 32.2. The lowest BCUT2D eigenvalue weighted by Gasteiger charge is -2.30. The van der Waals surface area contributed by atoms with Crippen molar-refractivity contribution in [3.63, 3.8) is 0 Å². The average molecular weight is 376 g/mol. The zero-order valence-corrected chi connectivity index (χ0v) is 15.6. The van der Waals surface area contributed by atoms with Gasteiger partial charge in [-0.15, -0.1) is 0 Å². The fourth-order valence-electron chi connectivity index (χ4n) is 3.62. The highest BCUT2D eigenvalue weighted by Gasteiger charge is 2.32. The Hall–Kier alpha value is -3.12. The Kier molecular flexibility index (Phi) is 3.24. The third-order valence-electron chi connectivity index (χ3n) is 4.96. The van der Waals surface area contributed by atoms with E-state index in [2.05, 4.69) is 4.98 Å². The van der Waals surface area contributed by atoms with Crippen LogP contribution in [-0.2, 0) is 9.84 Å². The summed E-state index contributed by atoms with van der Waals surface area (Å²) in [7, 11) is -1.70. The molecular formula is C21H16N2O3S. The van der Waals surface area contributed by atoms with Crippen LogP contribution < -0.4 is 4.90 Å². The van der Waals surface area contributed by atoms with Gasteiger partial charge in [0.1, 0.15) is 5.52 Å². The maximum absolute atomic E-state index is 13.2. The Morgan fingerprint density at radius 3 is 2.44 bits per heavy atom. The lowest BCUT2D eigenvalue weighted by Crippen LogP contribution is -2.22. The molecule has 0 spiro atoms. The first-order valence-corrected chi connectivity index (χ1v) is 10.0. The van der Waals surface area contributed by atoms with Crippen LogP contribution in [-0.4, -0.2) is 20.4 Å². The predicted molar refractivity (Wildman–Crippen MR) is 104 cm³/mol. The number of hydrogen-bond donors (Lipinski definition) is 0. The minimum atomic E-state index is -3.58. The maximum atomic E-state index is 13.2. The molecule has 2 heterocycles. The zero-order chi connectivity index (χ0) is 18.8. The highest BCUT2D eigenvalue weighted by Crippen LogP contribution is 2.44. The van der Waals surface area contributed by atoms with Gasteiger partial charge in [0, 0.05) is 14.0 Å². The van der Waals surface area contributed by atoms with E-state index >= 15 is 0 Å². The van der Waals surface area contributed by atoms with E-state index in [9.17, 15) is 8.42 Å². The molecule has 5 nitrogen and oxygen atoms in total. The molecule has 0 radical (unpaired) electrons. The largest absolute Gasteiger partial charge is 0.441 e. The van der Waals surface area contributed by atoms with E-state index in [4.69, 9.17) is 4.42 Å². The summed E-state index contributed by atoms with van der Waals surface area (Å²) in [4.78, 5) is 6.87. The molecule has 0 aliphatic carbocycles. The second-order valence-electron chi connectivity index (χ2n) is 6.63. The summed E-state index contributed by atoms with van der Waals surface area (Å²) in [6.07, 6.45) is 0. The number of hydrogen-bond acceptors (Lipinski definition) is 5. The summed E-state index contributed by atoms with van der Waals surface area (Å²) in [5.74, 6) is 0.605. The molecule has 6 heteroatoms. The summed E-state index contributed by atoms with van der Waals surface area (Å²) < 4.78 is 32.0. The highest BCUT2D eigenvalue weighted by molar-refractivity contribution is 7.92. The van der Waals surface area contributed by atoms with Crippen LogP contribution in [0.25, 0.3) is 22.2 Å². The molecule has 0 saturated heterocycles. The third kappa shape index (κ3) is 2.30. The maximum Gasteiger partial charge on any atom is 0.210 e. The van der Waals surface area contributed by atoms with Gasteiger partial charge in [0.2, 0.25) is 9.84 Å². The topological polar surface area (TPSA) is 63.4 Å². The SMILES string of the molecule is Cc1nc2ccc(-c3ccc4c(c3)S(=O)(=O)c3ccccc3N4C)cc2o1. The molecule has 1 aliphatic rings. The number of oxazole rings is 1. The number of aromatic nitrogens is 1. The Bertz CT molecular complexity index is 1320. The number of rotatable bonds is 1. The molecule has 134 valence electrons. The van der Waals surface area contributed by atoms with E-state index in [0.29, 0.717) is 32.6 Å². The van der Waals surface area contributed by atoms with Crippen molar-refractivity contribution < 1.29 is 12.8 Å². The third-order valence-corrected chi connectivity index (χ3v) is 6.79. The van der Waals surface area contributed by atoms with Crippen LogP contribution in [0.4, 0.5) is 11.4 Å². The number of sulfone groups is 1. The van der Waals surface area contributed by atoms with E-state index in [1.54, 1.807) is 25.1 Å². The first-order valence-electron chi connectivity index (χ1n) is 8.54. The first-order chi connectivity index (χ1) is 12.9. The second kappa shape index (κ2) is 5.44. The van der Waals surface area contributed by atoms with Gasteiger partial charge < -0.3 is 9.32 Å². The number of para-hydroxylation sites is 1. The first kappa shape index (κ1) is 16.1. The van der Waals surface area contributed by atoms with Crippen LogP contribution in [0.5, 0.6) is 0 Å². The quantitative estimate of drug-likeness (QED) is 0.481. The predicted octanol–water partition coefficient (Wildman–Crippen LogP) is 4.72. The van der Waals surface area contributed by atoms with Gasteiger partial charge >= 0.3 is 0 Å². The fourth-order valence-corrected chi connectivity index (χ4v) is 5.35. The van der Waals surface area contributed by atoms with Gasteiger partial charge in [-0.1, -0.05) is 24.3 Å². The van der Waals surface area contributed by atoms with Gasteiger partial charge in [-0.2, -0.15) is 0 Å². The van der Waals surface area contributed by atoms with Crippen LogP contribution in [0, 0.1) is 6.92 Å². The van der Waals surface area contributed by atoms with E-state index in [1.807, 2.05) is 54.4 Å². The molecule has 27 heavy (non-hydrogen) atoms. The van der Waals surface area contributed by atoms with Gasteiger partial charge in [-0.3, -0.25) is 0 Å². The van der Waals surface area contributed by atoms with Crippen LogP contribution >= 0.6 is 0 Å². The number of nitrogens with zero attached hydrogens (tertiary/aromatic N) is 2. The molecule has 5 rings (SSSR count). The smallest absolute Gasteiger partial charge is 0.210 e. The average Bonchev–Trinajstić information content (AvgIpc) is 3.05. The molecule has 1 aromatic heterocycles. The Morgan fingerprint density at radius 2 is 1.59 bits per heavy atom. The van der Waals surface area contributed by atoms with Gasteiger partial charge in [0.15, 0.2) is 11.5 Å². The summed E-state index contributed by atoms with van der Waals surface area (Å²) in [6, 6.07) is 18.3. The summed E-state index contributed by atoms with van der Waals surface area (Å²) in [5.41, 5.74) is 4.55. The van der Waals surface area contributed by atoms with E-state index in [1.165, 1.54) is 0 Å². The molecular weight excluding hydrogens is 360 g/mol. The lowest BCUT2D eigenvalue weighted by molar-refractivity contribution is 0.561. The monoisotopic (exact) mass is 376 g/mol. The minimum absolute atomic E-state index is 0.315. The summed E-state index contributed by atoms with van der Waals surface area (Å²) >= 11 is 0. The molecule has 4 aromatic rings. The number of benzene rings is 3. The van der Waals surface area contributed by atoms with E-state index < -0.39 is 9.84 Å². The van der Waals surface area contributed by atoms with Gasteiger partial charge in [-0.25, -0.2) is 13.4 Å². The molecule has 0 unspecified atom stereocenters. The lowest BCUT2D eigenvalue weighted by atomic mass is 10.0. The fraction of sp³-hybridized carbons (Fsp3) is 0.0952. The zero-order valence-electron chi connectivity index (χ0n) is 14.8. The van der Waals surface area contributed by atoms with Crippen molar-refractivity contribution in [1.82, 2.24) is 4.98 Å². The van der Waals surface area contributed by atoms with Crippen molar-refractivity contribution in [2.45, 2.75) is 16.7 Å². The number of anilines is 2. The van der Waals surface area contributed by atoms with Crippen LogP contribution in [0.15, 0.2) is 74.9 Å². The molecule has 0 fully saturated rings. The van der Waals surface area contributed by atoms with Crippen molar-refractivity contribution in [2.75, 3.05) is 11.9 Å². The van der Waals surface area contributed by atoms with E-state index in [0.717, 1.165) is 16.6 Å².